The van der Waals surface area contributed by atoms with E-state index < -0.39 is 0 Å². The molecule has 4 rings (SSSR count). The van der Waals surface area contributed by atoms with Crippen molar-refractivity contribution >= 4 is 23.2 Å². The second-order valence-electron chi connectivity index (χ2n) is 9.50. The smallest absolute Gasteiger partial charge is 0.242 e. The molecule has 0 radical (unpaired) electrons. The van der Waals surface area contributed by atoms with Gasteiger partial charge in [-0.2, -0.15) is 0 Å². The van der Waals surface area contributed by atoms with Gasteiger partial charge in [-0.05, 0) is 42.0 Å². The Kier molecular flexibility index (Phi) is 9.68. The number of benzene rings is 1. The van der Waals surface area contributed by atoms with E-state index in [9.17, 15) is 14.0 Å². The molecule has 2 aliphatic rings. The summed E-state index contributed by atoms with van der Waals surface area (Å²) in [7, 11) is 0. The fourth-order valence-corrected chi connectivity index (χ4v) is 5.58. The largest absolute Gasteiger partial charge is 0.379 e. The monoisotopic (exact) mass is 501 g/mol. The average Bonchev–Trinajstić information content (AvgIpc) is 3.41. The van der Waals surface area contributed by atoms with Crippen molar-refractivity contribution in [2.24, 2.45) is 5.92 Å². The minimum atomic E-state index is -0.294. The van der Waals surface area contributed by atoms with E-state index >= 15 is 0 Å². The van der Waals surface area contributed by atoms with Gasteiger partial charge in [0, 0.05) is 43.5 Å². The second kappa shape index (κ2) is 13.1. The number of amides is 2. The van der Waals surface area contributed by atoms with Crippen LogP contribution in [0.5, 0.6) is 0 Å². The van der Waals surface area contributed by atoms with Gasteiger partial charge in [-0.3, -0.25) is 14.5 Å². The minimum absolute atomic E-state index is 0.0177. The summed E-state index contributed by atoms with van der Waals surface area (Å²) in [5.41, 5.74) is 0.870. The van der Waals surface area contributed by atoms with Gasteiger partial charge in [-0.1, -0.05) is 37.5 Å². The molecule has 0 spiro atoms. The zero-order valence-electron chi connectivity index (χ0n) is 20.4. The highest BCUT2D eigenvalue weighted by Gasteiger charge is 2.29. The normalized spacial score (nSPS) is 17.3. The summed E-state index contributed by atoms with van der Waals surface area (Å²) in [4.78, 5) is 34.1. The van der Waals surface area contributed by atoms with Crippen molar-refractivity contribution in [3.63, 3.8) is 0 Å². The van der Waals surface area contributed by atoms with Crippen molar-refractivity contribution in [2.45, 2.75) is 45.2 Å². The highest BCUT2D eigenvalue weighted by atomic mass is 32.1. The van der Waals surface area contributed by atoms with Crippen LogP contribution < -0.4 is 0 Å². The Bertz CT molecular complexity index is 926. The van der Waals surface area contributed by atoms with Crippen molar-refractivity contribution in [3.8, 4) is 0 Å². The molecule has 0 unspecified atom stereocenters. The number of halogens is 1. The molecule has 1 aliphatic carbocycles. The first-order valence-corrected chi connectivity index (χ1v) is 13.6. The SMILES string of the molecule is O=C(CN(CCN1CCOCC1)C(=O)C1CCCCC1)N(Cc1ccc(F)cc1)Cc1cccs1. The van der Waals surface area contributed by atoms with Crippen molar-refractivity contribution in [1.29, 1.82) is 0 Å². The molecule has 2 amide bonds. The molecule has 1 aliphatic heterocycles. The molecule has 0 N–H and O–H groups in total. The first-order chi connectivity index (χ1) is 17.1. The van der Waals surface area contributed by atoms with E-state index in [2.05, 4.69) is 4.90 Å². The highest BCUT2D eigenvalue weighted by Crippen LogP contribution is 2.26. The molecule has 35 heavy (non-hydrogen) atoms. The summed E-state index contributed by atoms with van der Waals surface area (Å²) < 4.78 is 18.9. The number of carbonyl (C=O) groups is 2. The van der Waals surface area contributed by atoms with Crippen LogP contribution in [-0.4, -0.2) is 72.5 Å². The van der Waals surface area contributed by atoms with Crippen LogP contribution >= 0.6 is 11.3 Å². The van der Waals surface area contributed by atoms with Gasteiger partial charge < -0.3 is 14.5 Å². The molecule has 1 aromatic heterocycles. The fraction of sp³-hybridized carbons (Fsp3) is 0.556. The van der Waals surface area contributed by atoms with E-state index in [1.807, 2.05) is 17.5 Å². The Morgan fingerprint density at radius 1 is 1.00 bits per heavy atom. The van der Waals surface area contributed by atoms with E-state index in [1.165, 1.54) is 18.6 Å². The third kappa shape index (κ3) is 7.85. The predicted molar refractivity (Wildman–Crippen MR) is 135 cm³/mol. The minimum Gasteiger partial charge on any atom is -0.379 e. The molecule has 6 nitrogen and oxygen atoms in total. The standard InChI is InChI=1S/C27H36FN3O3S/c28-24-10-8-22(9-11-24)19-31(20-25-7-4-18-35-25)26(32)21-30(13-12-29-14-16-34-17-15-29)27(33)23-5-2-1-3-6-23/h4,7-11,18,23H,1-3,5-6,12-17,19-21H2. The van der Waals surface area contributed by atoms with Gasteiger partial charge in [0.1, 0.15) is 5.82 Å². The number of carbonyl (C=O) groups excluding carboxylic acids is 2. The van der Waals surface area contributed by atoms with Gasteiger partial charge in [0.25, 0.3) is 0 Å². The third-order valence-corrected chi connectivity index (χ3v) is 7.81. The molecule has 1 saturated carbocycles. The molecular weight excluding hydrogens is 465 g/mol. The van der Waals surface area contributed by atoms with Crippen LogP contribution in [0.4, 0.5) is 4.39 Å². The van der Waals surface area contributed by atoms with E-state index in [4.69, 9.17) is 4.74 Å². The number of rotatable bonds is 10. The molecule has 0 bridgehead atoms. The lowest BCUT2D eigenvalue weighted by atomic mass is 9.88. The Morgan fingerprint density at radius 2 is 1.74 bits per heavy atom. The Morgan fingerprint density at radius 3 is 2.43 bits per heavy atom. The summed E-state index contributed by atoms with van der Waals surface area (Å²) in [5, 5.41) is 2.00. The summed E-state index contributed by atoms with van der Waals surface area (Å²) in [6.07, 6.45) is 5.17. The van der Waals surface area contributed by atoms with Crippen molar-refractivity contribution < 1.29 is 18.7 Å². The lowest BCUT2D eigenvalue weighted by Crippen LogP contribution is -2.48. The fourth-order valence-electron chi connectivity index (χ4n) is 4.86. The van der Waals surface area contributed by atoms with Gasteiger partial charge in [0.15, 0.2) is 0 Å². The summed E-state index contributed by atoms with van der Waals surface area (Å²) in [5.74, 6) is -0.237. The summed E-state index contributed by atoms with van der Waals surface area (Å²) in [6.45, 7) is 5.36. The zero-order valence-corrected chi connectivity index (χ0v) is 21.2. The average molecular weight is 502 g/mol. The molecule has 8 heteroatoms. The van der Waals surface area contributed by atoms with Crippen molar-refractivity contribution in [2.75, 3.05) is 45.9 Å². The van der Waals surface area contributed by atoms with Gasteiger partial charge in [0.05, 0.1) is 26.3 Å². The number of morpholine rings is 1. The third-order valence-electron chi connectivity index (χ3n) is 6.95. The predicted octanol–water partition coefficient (Wildman–Crippen LogP) is 4.16. The molecule has 1 aromatic carbocycles. The van der Waals surface area contributed by atoms with Gasteiger partial charge in [-0.25, -0.2) is 4.39 Å². The first kappa shape index (κ1) is 25.8. The van der Waals surface area contributed by atoms with Crippen LogP contribution in [0.15, 0.2) is 41.8 Å². The second-order valence-corrected chi connectivity index (χ2v) is 10.5. The van der Waals surface area contributed by atoms with Gasteiger partial charge in [-0.15, -0.1) is 11.3 Å². The van der Waals surface area contributed by atoms with Crippen LogP contribution in [0.1, 0.15) is 42.5 Å². The quantitative estimate of drug-likeness (QED) is 0.491. The number of nitrogens with zero attached hydrogens (tertiary/aromatic N) is 3. The van der Waals surface area contributed by atoms with E-state index in [0.29, 0.717) is 32.8 Å². The molecular formula is C27H36FN3O3S. The molecule has 2 heterocycles. The Labute approximate surface area is 211 Å². The Hall–Kier alpha value is -2.29. The lowest BCUT2D eigenvalue weighted by Gasteiger charge is -2.33. The van der Waals surface area contributed by atoms with Crippen LogP contribution in [0.25, 0.3) is 0 Å². The number of thiophene rings is 1. The van der Waals surface area contributed by atoms with Crippen molar-refractivity contribution in [1.82, 2.24) is 14.7 Å². The van der Waals surface area contributed by atoms with Gasteiger partial charge >= 0.3 is 0 Å². The lowest BCUT2D eigenvalue weighted by molar-refractivity contribution is -0.144. The Balaban J connectivity index is 1.46. The molecule has 0 atom stereocenters. The van der Waals surface area contributed by atoms with Gasteiger partial charge in [0.2, 0.25) is 11.8 Å². The van der Waals surface area contributed by atoms with Crippen LogP contribution in [0.3, 0.4) is 0 Å². The number of ether oxygens (including phenoxy) is 1. The topological polar surface area (TPSA) is 53.1 Å². The maximum atomic E-state index is 13.6. The van der Waals surface area contributed by atoms with Crippen LogP contribution in [0, 0.1) is 11.7 Å². The molecule has 2 fully saturated rings. The first-order valence-electron chi connectivity index (χ1n) is 12.7. The molecule has 190 valence electrons. The highest BCUT2D eigenvalue weighted by molar-refractivity contribution is 7.09. The molecule has 2 aromatic rings. The maximum absolute atomic E-state index is 13.6. The van der Waals surface area contributed by atoms with E-state index in [0.717, 1.165) is 55.8 Å². The van der Waals surface area contributed by atoms with Crippen molar-refractivity contribution in [3.05, 3.63) is 58.0 Å². The molecule has 1 saturated heterocycles. The van der Waals surface area contributed by atoms with Crippen LogP contribution in [-0.2, 0) is 27.4 Å². The van der Waals surface area contributed by atoms with Crippen LogP contribution in [0.2, 0.25) is 0 Å². The number of hydrogen-bond acceptors (Lipinski definition) is 5. The zero-order chi connectivity index (χ0) is 24.5. The summed E-state index contributed by atoms with van der Waals surface area (Å²) >= 11 is 1.61. The maximum Gasteiger partial charge on any atom is 0.242 e. The summed E-state index contributed by atoms with van der Waals surface area (Å²) in [6, 6.07) is 10.3. The van der Waals surface area contributed by atoms with E-state index in [-0.39, 0.29) is 30.1 Å². The van der Waals surface area contributed by atoms with E-state index in [1.54, 1.807) is 33.3 Å². The number of hydrogen-bond donors (Lipinski definition) is 0.